The molecule has 0 radical (unpaired) electrons. The van der Waals surface area contributed by atoms with Gasteiger partial charge in [-0.15, -0.1) is 0 Å². The van der Waals surface area contributed by atoms with E-state index in [1.165, 1.54) is 0 Å². The van der Waals surface area contributed by atoms with Crippen molar-refractivity contribution in [2.75, 3.05) is 28.6 Å². The van der Waals surface area contributed by atoms with Gasteiger partial charge in [-0.1, -0.05) is 18.2 Å². The standard InChI is InChI=1S/C22H26N4O3/c1-4-23-22(29)16-10-9-14(2)18(12-16)24-13-21(28)26-15(3)11-20(27)25-17-7-5-6-8-19(17)26/h5-10,12,15,24H,4,11,13H2,1-3H3,(H,23,29)(H,25,27). The topological polar surface area (TPSA) is 90.5 Å². The van der Waals surface area contributed by atoms with Crippen molar-refractivity contribution in [2.24, 2.45) is 0 Å². The van der Waals surface area contributed by atoms with Gasteiger partial charge in [-0.2, -0.15) is 0 Å². The number of para-hydroxylation sites is 2. The lowest BCUT2D eigenvalue weighted by Gasteiger charge is -2.28. The van der Waals surface area contributed by atoms with Crippen molar-refractivity contribution in [3.8, 4) is 0 Å². The van der Waals surface area contributed by atoms with E-state index in [1.807, 2.05) is 45.0 Å². The van der Waals surface area contributed by atoms with Crippen LogP contribution in [0.3, 0.4) is 0 Å². The molecule has 0 saturated heterocycles. The number of rotatable bonds is 5. The number of carbonyl (C=O) groups is 3. The Hall–Kier alpha value is -3.35. The number of hydrogen-bond acceptors (Lipinski definition) is 4. The number of anilines is 3. The van der Waals surface area contributed by atoms with E-state index < -0.39 is 0 Å². The van der Waals surface area contributed by atoms with Gasteiger partial charge in [-0.25, -0.2) is 0 Å². The van der Waals surface area contributed by atoms with Gasteiger partial charge in [-0.05, 0) is 50.6 Å². The lowest BCUT2D eigenvalue weighted by atomic mass is 10.1. The second kappa shape index (κ2) is 8.77. The SMILES string of the molecule is CCNC(=O)c1ccc(C)c(NCC(=O)N2c3ccccc3NC(=O)CC2C)c1. The Morgan fingerprint density at radius 2 is 1.97 bits per heavy atom. The third-order valence-electron chi connectivity index (χ3n) is 4.90. The molecule has 7 nitrogen and oxygen atoms in total. The van der Waals surface area contributed by atoms with Crippen LogP contribution < -0.4 is 20.9 Å². The fourth-order valence-corrected chi connectivity index (χ4v) is 3.44. The van der Waals surface area contributed by atoms with Crippen LogP contribution in [0.15, 0.2) is 42.5 Å². The summed E-state index contributed by atoms with van der Waals surface area (Å²) < 4.78 is 0. The highest BCUT2D eigenvalue weighted by molar-refractivity contribution is 6.05. The zero-order valence-corrected chi connectivity index (χ0v) is 16.9. The van der Waals surface area contributed by atoms with Crippen molar-refractivity contribution in [3.05, 3.63) is 53.6 Å². The van der Waals surface area contributed by atoms with Crippen molar-refractivity contribution in [1.82, 2.24) is 5.32 Å². The van der Waals surface area contributed by atoms with E-state index >= 15 is 0 Å². The Labute approximate surface area is 170 Å². The van der Waals surface area contributed by atoms with Gasteiger partial charge in [0.05, 0.1) is 17.9 Å². The molecule has 1 aliphatic rings. The highest BCUT2D eigenvalue weighted by atomic mass is 16.2. The minimum atomic E-state index is -0.268. The first-order valence-corrected chi connectivity index (χ1v) is 9.74. The summed E-state index contributed by atoms with van der Waals surface area (Å²) in [5.41, 5.74) is 3.52. The summed E-state index contributed by atoms with van der Waals surface area (Å²) in [5.74, 6) is -0.413. The largest absolute Gasteiger partial charge is 0.376 e. The average Bonchev–Trinajstić information content (AvgIpc) is 2.81. The van der Waals surface area contributed by atoms with Crippen LogP contribution in [0.2, 0.25) is 0 Å². The van der Waals surface area contributed by atoms with Gasteiger partial charge in [0, 0.05) is 30.3 Å². The molecule has 0 aromatic heterocycles. The lowest BCUT2D eigenvalue weighted by molar-refractivity contribution is -0.118. The number of nitrogens with zero attached hydrogens (tertiary/aromatic N) is 1. The van der Waals surface area contributed by atoms with Gasteiger partial charge < -0.3 is 20.9 Å². The van der Waals surface area contributed by atoms with Crippen LogP contribution in [0.4, 0.5) is 17.1 Å². The summed E-state index contributed by atoms with van der Waals surface area (Å²) in [7, 11) is 0. The number of fused-ring (bicyclic) bond motifs is 1. The zero-order valence-electron chi connectivity index (χ0n) is 16.9. The van der Waals surface area contributed by atoms with E-state index in [0.29, 0.717) is 23.5 Å². The van der Waals surface area contributed by atoms with Gasteiger partial charge >= 0.3 is 0 Å². The number of benzene rings is 2. The number of nitrogens with one attached hydrogen (secondary N) is 3. The fourth-order valence-electron chi connectivity index (χ4n) is 3.44. The molecule has 1 atom stereocenters. The van der Waals surface area contributed by atoms with Gasteiger partial charge in [0.15, 0.2) is 0 Å². The molecule has 0 aliphatic carbocycles. The van der Waals surface area contributed by atoms with Gasteiger partial charge in [-0.3, -0.25) is 14.4 Å². The second-order valence-corrected chi connectivity index (χ2v) is 7.12. The predicted octanol–water partition coefficient (Wildman–Crippen LogP) is 2.92. The van der Waals surface area contributed by atoms with Crippen molar-refractivity contribution < 1.29 is 14.4 Å². The Kier molecular flexibility index (Phi) is 6.16. The number of hydrogen-bond donors (Lipinski definition) is 3. The molecule has 152 valence electrons. The number of amides is 3. The Morgan fingerprint density at radius 1 is 1.21 bits per heavy atom. The Bertz CT molecular complexity index is 941. The summed E-state index contributed by atoms with van der Waals surface area (Å²) in [5, 5.41) is 8.78. The van der Waals surface area contributed by atoms with Gasteiger partial charge in [0.2, 0.25) is 11.8 Å². The molecule has 0 spiro atoms. The van der Waals surface area contributed by atoms with Gasteiger partial charge in [0.1, 0.15) is 0 Å². The van der Waals surface area contributed by atoms with E-state index in [1.54, 1.807) is 23.1 Å². The maximum absolute atomic E-state index is 13.1. The molecule has 2 aromatic carbocycles. The molecule has 1 aliphatic heterocycles. The Balaban J connectivity index is 1.79. The molecule has 3 rings (SSSR count). The molecule has 3 amide bonds. The second-order valence-electron chi connectivity index (χ2n) is 7.12. The molecule has 1 unspecified atom stereocenters. The minimum absolute atomic E-state index is 0.0482. The zero-order chi connectivity index (χ0) is 21.0. The first-order valence-electron chi connectivity index (χ1n) is 9.74. The molecular formula is C22H26N4O3. The summed E-state index contributed by atoms with van der Waals surface area (Å²) in [4.78, 5) is 38.9. The first kappa shape index (κ1) is 20.4. The van der Waals surface area contributed by atoms with Crippen LogP contribution in [0.5, 0.6) is 0 Å². The molecule has 3 N–H and O–H groups in total. The van der Waals surface area contributed by atoms with Crippen molar-refractivity contribution in [2.45, 2.75) is 33.2 Å². The van der Waals surface area contributed by atoms with E-state index in [9.17, 15) is 14.4 Å². The van der Waals surface area contributed by atoms with Gasteiger partial charge in [0.25, 0.3) is 5.91 Å². The van der Waals surface area contributed by atoms with E-state index in [-0.39, 0.29) is 36.7 Å². The van der Waals surface area contributed by atoms with Crippen LogP contribution in [0.25, 0.3) is 0 Å². The first-order chi connectivity index (χ1) is 13.9. The minimum Gasteiger partial charge on any atom is -0.376 e. The van der Waals surface area contributed by atoms with Crippen LogP contribution in [-0.4, -0.2) is 36.9 Å². The highest BCUT2D eigenvalue weighted by Gasteiger charge is 2.29. The average molecular weight is 394 g/mol. The summed E-state index contributed by atoms with van der Waals surface area (Å²) in [6, 6.07) is 12.4. The third-order valence-corrected chi connectivity index (χ3v) is 4.90. The summed E-state index contributed by atoms with van der Waals surface area (Å²) >= 11 is 0. The van der Waals surface area contributed by atoms with Crippen LogP contribution in [0.1, 0.15) is 36.2 Å². The highest BCUT2D eigenvalue weighted by Crippen LogP contribution is 2.31. The number of carbonyl (C=O) groups excluding carboxylic acids is 3. The lowest BCUT2D eigenvalue weighted by Crippen LogP contribution is -2.42. The van der Waals surface area contributed by atoms with Crippen LogP contribution in [0, 0.1) is 6.92 Å². The molecule has 7 heteroatoms. The van der Waals surface area contributed by atoms with E-state index in [2.05, 4.69) is 16.0 Å². The molecule has 1 heterocycles. The van der Waals surface area contributed by atoms with E-state index in [0.717, 1.165) is 11.3 Å². The van der Waals surface area contributed by atoms with Crippen LogP contribution in [-0.2, 0) is 9.59 Å². The predicted molar refractivity (Wildman–Crippen MR) is 114 cm³/mol. The van der Waals surface area contributed by atoms with E-state index in [4.69, 9.17) is 0 Å². The third kappa shape index (κ3) is 4.56. The van der Waals surface area contributed by atoms with Crippen molar-refractivity contribution in [3.63, 3.8) is 0 Å². The molecule has 0 bridgehead atoms. The molecule has 29 heavy (non-hydrogen) atoms. The maximum atomic E-state index is 13.1. The molecular weight excluding hydrogens is 368 g/mol. The number of aryl methyl sites for hydroxylation is 1. The summed E-state index contributed by atoms with van der Waals surface area (Å²) in [6.45, 7) is 6.24. The summed E-state index contributed by atoms with van der Waals surface area (Å²) in [6.07, 6.45) is 0.228. The maximum Gasteiger partial charge on any atom is 0.251 e. The fraction of sp³-hybridized carbons (Fsp3) is 0.318. The normalized spacial score (nSPS) is 15.8. The monoisotopic (exact) mass is 394 g/mol. The van der Waals surface area contributed by atoms with Crippen molar-refractivity contribution in [1.29, 1.82) is 0 Å². The van der Waals surface area contributed by atoms with Crippen molar-refractivity contribution >= 4 is 34.8 Å². The quantitative estimate of drug-likeness (QED) is 0.727. The molecule has 0 fully saturated rings. The Morgan fingerprint density at radius 3 is 2.72 bits per heavy atom. The van der Waals surface area contributed by atoms with Crippen LogP contribution >= 0.6 is 0 Å². The molecule has 0 saturated carbocycles. The molecule has 2 aromatic rings. The smallest absolute Gasteiger partial charge is 0.251 e.